The predicted octanol–water partition coefficient (Wildman–Crippen LogP) is 5.79. The van der Waals surface area contributed by atoms with E-state index >= 15 is 4.57 Å². The molecule has 6 heterocycles. The Morgan fingerprint density at radius 1 is 0.693 bits per heavy atom. The molecule has 3 aliphatic rings. The summed E-state index contributed by atoms with van der Waals surface area (Å²) in [6.07, 6.45) is -4.21. The lowest BCUT2D eigenvalue weighted by Crippen LogP contribution is -2.51. The fraction of sp³-hybridized carbons (Fsp3) is 0.702. The third kappa shape index (κ3) is 14.0. The van der Waals surface area contributed by atoms with Crippen molar-refractivity contribution in [3.05, 3.63) is 121 Å². The van der Waals surface area contributed by atoms with Gasteiger partial charge in [0.2, 0.25) is 13.1 Å². The number of hydrogen-bond acceptors (Lipinski definition) is 17. The van der Waals surface area contributed by atoms with Gasteiger partial charge in [-0.1, -0.05) is 27.7 Å². The average molecular weight is 1110 g/mol. The van der Waals surface area contributed by atoms with Gasteiger partial charge in [0.25, 0.3) is 16.7 Å². The second kappa shape index (κ2) is 23.6. The summed E-state index contributed by atoms with van der Waals surface area (Å²) in [7, 11) is -9.84. The number of phosphoric ester groups is 1. The summed E-state index contributed by atoms with van der Waals surface area (Å²) in [4.78, 5) is 90.3. The largest absolute Gasteiger partial charge is 0.476 e. The van der Waals surface area contributed by atoms with Crippen molar-refractivity contribution in [2.24, 2.45) is 0 Å². The molecule has 0 aliphatic carbocycles. The van der Waals surface area contributed by atoms with E-state index in [4.69, 9.17) is 58.9 Å². The van der Waals surface area contributed by atoms with Crippen LogP contribution in [0.5, 0.6) is 0 Å². The molecule has 414 valence electrons. The highest BCUT2D eigenvalue weighted by atomic mass is 31.2. The van der Waals surface area contributed by atoms with Crippen LogP contribution in [0.25, 0.3) is 9.69 Å². The molecule has 3 saturated heterocycles. The first kappa shape index (κ1) is 59.7. The Balaban J connectivity index is 1.36. The molecule has 3 aliphatic heterocycles. The van der Waals surface area contributed by atoms with Gasteiger partial charge in [-0.05, 0) is 73.0 Å². The van der Waals surface area contributed by atoms with Crippen molar-refractivity contribution in [1.29, 1.82) is 0 Å². The zero-order valence-corrected chi connectivity index (χ0v) is 47.4. The van der Waals surface area contributed by atoms with E-state index in [1.165, 1.54) is 60.0 Å². The minimum atomic E-state index is -4.77. The van der Waals surface area contributed by atoms with Gasteiger partial charge in [0.15, 0.2) is 8.32 Å². The second-order valence-corrected chi connectivity index (χ2v) is 28.8. The average Bonchev–Trinajstić information content (AvgIpc) is 4.04. The Morgan fingerprint density at radius 3 is 1.60 bits per heavy atom. The van der Waals surface area contributed by atoms with E-state index in [0.29, 0.717) is 12.0 Å². The molecule has 3 aromatic rings. The van der Waals surface area contributed by atoms with Crippen molar-refractivity contribution in [3.63, 3.8) is 0 Å². The standard InChI is InChI=1S/C47H70N8O17P2Si/c1-16-30-31(21-34(65-30)53-24-27(2)39(56)50-42(53)59)69-74(62,64-20-18-49-13)72-47(10,11)37-32(22-35(66-37)54-25-28(3)40(57)51-43(54)60)68-73(63-19-17-48-12)71-46(8,9)38-33(70-75(14,15)45(5,6)7)23-36(67-38)55-26-29(4)41(58)52-44(55)61/h24-26,30-38H,16-23H2,1-11,14-15H3,(H,50,56,59)(H,51,57,60)(H,52,58,61)/t30-,31-,32-,33-,34-,35-,36-,37+,38+,73?,74?/m1/s1. The molecular formula is C47H70N8O17P2Si. The molecule has 0 radical (unpaired) electrons. The Labute approximate surface area is 435 Å². The summed E-state index contributed by atoms with van der Waals surface area (Å²) >= 11 is 0. The molecule has 25 nitrogen and oxygen atoms in total. The predicted molar refractivity (Wildman–Crippen MR) is 276 cm³/mol. The molecule has 0 bridgehead atoms. The van der Waals surface area contributed by atoms with Crippen molar-refractivity contribution >= 4 is 24.7 Å². The SMILES string of the molecule is [C-]#[N+]CCOP(O[C@@H]1C[C@H](n2cc(C)c(=O)[nH]c2=O)O[C@@H]1C(C)(C)OP(=O)(OCC[N+]#[C-])O[C@@H]1C[C@H](n2cc(C)c(=O)[nH]c2=O)O[C@@H]1CC)OC(C)(C)[C@H]1O[C@@H](n2cc(C)c(=O)[nH]c2=O)C[C@H]1O[Si](C)(C)C(C)(C)C. The smallest absolute Gasteiger partial charge is 0.411 e. The molecule has 3 aromatic heterocycles. The number of nitrogens with zero attached hydrogens (tertiary/aromatic N) is 5. The monoisotopic (exact) mass is 1110 g/mol. The van der Waals surface area contributed by atoms with Crippen LogP contribution in [0.3, 0.4) is 0 Å². The molecule has 0 amide bonds. The highest BCUT2D eigenvalue weighted by molar-refractivity contribution is 7.48. The van der Waals surface area contributed by atoms with Gasteiger partial charge in [-0.3, -0.25) is 56.6 Å². The number of rotatable bonds is 22. The van der Waals surface area contributed by atoms with E-state index in [1.54, 1.807) is 27.7 Å². The number of hydrogen-bond donors (Lipinski definition) is 3. The van der Waals surface area contributed by atoms with Gasteiger partial charge in [0.1, 0.15) is 55.3 Å². The molecule has 28 heteroatoms. The van der Waals surface area contributed by atoms with Gasteiger partial charge in [-0.25, -0.2) is 32.1 Å². The summed E-state index contributed by atoms with van der Waals surface area (Å²) in [5.41, 5.74) is -6.24. The summed E-state index contributed by atoms with van der Waals surface area (Å²) in [6.45, 7) is 37.4. The van der Waals surface area contributed by atoms with Crippen LogP contribution in [-0.4, -0.2) is 111 Å². The highest BCUT2D eigenvalue weighted by Gasteiger charge is 2.55. The van der Waals surface area contributed by atoms with Crippen LogP contribution in [-0.2, 0) is 50.3 Å². The summed E-state index contributed by atoms with van der Waals surface area (Å²) < 4.78 is 83.6. The number of phosphoric acid groups is 1. The number of ether oxygens (including phenoxy) is 3. The summed E-state index contributed by atoms with van der Waals surface area (Å²) in [5.74, 6) is 0. The van der Waals surface area contributed by atoms with E-state index in [0.717, 1.165) is 0 Å². The van der Waals surface area contributed by atoms with Crippen LogP contribution in [0.2, 0.25) is 18.1 Å². The molecule has 0 aromatic carbocycles. The third-order valence-electron chi connectivity index (χ3n) is 13.7. The Hall–Kier alpha value is -4.50. The van der Waals surface area contributed by atoms with Crippen LogP contribution in [0, 0.1) is 33.9 Å². The first-order valence-electron chi connectivity index (χ1n) is 24.6. The zero-order valence-electron chi connectivity index (χ0n) is 44.7. The number of aromatic nitrogens is 6. The van der Waals surface area contributed by atoms with Crippen molar-refractivity contribution in [3.8, 4) is 0 Å². The fourth-order valence-corrected chi connectivity index (χ4v) is 13.1. The van der Waals surface area contributed by atoms with Crippen LogP contribution in [0.1, 0.15) is 116 Å². The first-order valence-corrected chi connectivity index (χ1v) is 30.1. The topological polar surface area (TPSA) is 283 Å². The van der Waals surface area contributed by atoms with E-state index in [9.17, 15) is 28.8 Å². The van der Waals surface area contributed by atoms with E-state index in [2.05, 4.69) is 58.5 Å². The minimum Gasteiger partial charge on any atom is -0.411 e. The zero-order chi connectivity index (χ0) is 55.6. The Kier molecular flexibility index (Phi) is 18.8. The number of H-pyrrole nitrogens is 3. The lowest BCUT2D eigenvalue weighted by molar-refractivity contribution is -0.131. The van der Waals surface area contributed by atoms with Crippen LogP contribution < -0.4 is 33.7 Å². The first-order chi connectivity index (χ1) is 34.9. The number of aryl methyl sites for hydroxylation is 3. The van der Waals surface area contributed by atoms with E-state index in [-0.39, 0.29) is 61.7 Å². The molecule has 3 fully saturated rings. The summed E-state index contributed by atoms with van der Waals surface area (Å²) in [6, 6.07) is 0. The van der Waals surface area contributed by atoms with Gasteiger partial charge in [-0.15, -0.1) is 0 Å². The molecule has 0 saturated carbocycles. The fourth-order valence-electron chi connectivity index (χ4n) is 8.74. The molecule has 75 heavy (non-hydrogen) atoms. The summed E-state index contributed by atoms with van der Waals surface area (Å²) in [5, 5.41) is -0.243. The maximum atomic E-state index is 15.1. The van der Waals surface area contributed by atoms with Gasteiger partial charge in [0, 0.05) is 54.5 Å². The number of nitrogens with one attached hydrogen (secondary N) is 3. The highest BCUT2D eigenvalue weighted by Crippen LogP contribution is 2.59. The maximum Gasteiger partial charge on any atom is 0.476 e. The van der Waals surface area contributed by atoms with Crippen molar-refractivity contribution < 1.29 is 50.3 Å². The van der Waals surface area contributed by atoms with E-state index < -0.39 is 125 Å². The molecule has 2 unspecified atom stereocenters. The van der Waals surface area contributed by atoms with Crippen LogP contribution in [0.4, 0.5) is 0 Å². The molecule has 11 atom stereocenters. The van der Waals surface area contributed by atoms with Gasteiger partial charge >= 0.3 is 33.5 Å². The Bertz CT molecular complexity index is 3040. The maximum absolute atomic E-state index is 15.1. The molecule has 0 spiro atoms. The lowest BCUT2D eigenvalue weighted by atomic mass is 9.97. The van der Waals surface area contributed by atoms with Gasteiger partial charge in [-0.2, -0.15) is 0 Å². The van der Waals surface area contributed by atoms with Crippen LogP contribution in [0.15, 0.2) is 47.4 Å². The second-order valence-electron chi connectivity index (χ2n) is 21.4. The third-order valence-corrected chi connectivity index (χ3v) is 21.4. The lowest BCUT2D eigenvalue weighted by Gasteiger charge is -2.42. The minimum absolute atomic E-state index is 0.0279. The van der Waals surface area contributed by atoms with Crippen molar-refractivity contribution in [2.45, 2.75) is 186 Å². The molecule has 6 rings (SSSR count). The van der Waals surface area contributed by atoms with Crippen molar-refractivity contribution in [1.82, 2.24) is 28.7 Å². The Morgan fingerprint density at radius 2 is 1.13 bits per heavy atom. The van der Waals surface area contributed by atoms with E-state index in [1.807, 2.05) is 0 Å². The number of aromatic amines is 3. The quantitative estimate of drug-likeness (QED) is 0.0464. The molecule has 3 N–H and O–H groups in total. The van der Waals surface area contributed by atoms with Gasteiger partial charge < -0.3 is 41.9 Å². The molecular weight excluding hydrogens is 1040 g/mol. The normalized spacial score (nSPS) is 25.7. The van der Waals surface area contributed by atoms with Gasteiger partial charge in [0.05, 0.1) is 24.4 Å². The van der Waals surface area contributed by atoms with Crippen molar-refractivity contribution in [2.75, 3.05) is 26.3 Å². The van der Waals surface area contributed by atoms with Crippen LogP contribution >= 0.6 is 16.4 Å².